The van der Waals surface area contributed by atoms with E-state index < -0.39 is 5.67 Å². The molecule has 1 aromatic carbocycles. The summed E-state index contributed by atoms with van der Waals surface area (Å²) < 4.78 is 19.6. The van der Waals surface area contributed by atoms with Crippen LogP contribution in [-0.2, 0) is 12.1 Å². The van der Waals surface area contributed by atoms with Crippen LogP contribution in [0.5, 0.6) is 0 Å². The smallest absolute Gasteiger partial charge is 0.152 e. The molecule has 0 aliphatic heterocycles. The van der Waals surface area contributed by atoms with Crippen molar-refractivity contribution < 1.29 is 8.81 Å². The van der Waals surface area contributed by atoms with E-state index in [1.54, 1.807) is 24.5 Å². The van der Waals surface area contributed by atoms with Crippen LogP contribution in [0.15, 0.2) is 53.3 Å². The zero-order chi connectivity index (χ0) is 11.4. The molecule has 0 saturated carbocycles. The zero-order valence-electron chi connectivity index (χ0n) is 8.90. The molecule has 2 aromatic rings. The lowest BCUT2D eigenvalue weighted by atomic mass is 9.90. The van der Waals surface area contributed by atoms with E-state index >= 15 is 0 Å². The van der Waals surface area contributed by atoms with Gasteiger partial charge in [-0.3, -0.25) is 0 Å². The molecule has 16 heavy (non-hydrogen) atoms. The lowest BCUT2D eigenvalue weighted by Gasteiger charge is -2.23. The van der Waals surface area contributed by atoms with Crippen molar-refractivity contribution in [1.29, 1.82) is 0 Å². The van der Waals surface area contributed by atoms with Crippen molar-refractivity contribution in [3.8, 4) is 0 Å². The van der Waals surface area contributed by atoms with E-state index in [4.69, 9.17) is 10.2 Å². The van der Waals surface area contributed by atoms with Gasteiger partial charge in [0.15, 0.2) is 5.67 Å². The fourth-order valence-corrected chi connectivity index (χ4v) is 1.75. The van der Waals surface area contributed by atoms with E-state index in [9.17, 15) is 4.39 Å². The summed E-state index contributed by atoms with van der Waals surface area (Å²) in [5.41, 5.74) is 5.45. The Bertz CT molecular complexity index is 426. The van der Waals surface area contributed by atoms with Gasteiger partial charge in [0.25, 0.3) is 0 Å². The first-order chi connectivity index (χ1) is 7.74. The molecule has 0 fully saturated rings. The molecule has 2 nitrogen and oxygen atoms in total. The molecule has 1 atom stereocenters. The third-order valence-electron chi connectivity index (χ3n) is 2.68. The zero-order valence-corrected chi connectivity index (χ0v) is 8.90. The van der Waals surface area contributed by atoms with Crippen molar-refractivity contribution in [2.24, 2.45) is 5.73 Å². The maximum atomic E-state index is 14.6. The van der Waals surface area contributed by atoms with E-state index in [0.29, 0.717) is 5.56 Å². The van der Waals surface area contributed by atoms with Crippen molar-refractivity contribution in [2.75, 3.05) is 6.54 Å². The van der Waals surface area contributed by atoms with Crippen LogP contribution in [-0.4, -0.2) is 6.54 Å². The standard InChI is InChI=1S/C13H14FNO/c14-13(10-15,8-11-6-7-16-9-11)12-4-2-1-3-5-12/h1-7,9H,8,10,15H2. The van der Waals surface area contributed by atoms with Crippen molar-refractivity contribution in [3.05, 3.63) is 60.1 Å². The van der Waals surface area contributed by atoms with Crippen molar-refractivity contribution in [3.63, 3.8) is 0 Å². The van der Waals surface area contributed by atoms with Crippen LogP contribution in [0, 0.1) is 0 Å². The predicted octanol–water partition coefficient (Wildman–Crippen LogP) is 2.65. The highest BCUT2D eigenvalue weighted by Crippen LogP contribution is 2.29. The summed E-state index contributed by atoms with van der Waals surface area (Å²) in [6.07, 6.45) is 3.33. The number of halogens is 1. The van der Waals surface area contributed by atoms with Gasteiger partial charge in [-0.05, 0) is 17.2 Å². The van der Waals surface area contributed by atoms with Crippen molar-refractivity contribution >= 4 is 0 Å². The number of furan rings is 1. The summed E-state index contributed by atoms with van der Waals surface area (Å²) in [5, 5.41) is 0. The first kappa shape index (κ1) is 10.9. The van der Waals surface area contributed by atoms with Crippen molar-refractivity contribution in [1.82, 2.24) is 0 Å². The molecule has 2 N–H and O–H groups in total. The Morgan fingerprint density at radius 1 is 1.19 bits per heavy atom. The molecule has 0 aliphatic carbocycles. The van der Waals surface area contributed by atoms with E-state index in [0.717, 1.165) is 5.56 Å². The second kappa shape index (κ2) is 4.49. The minimum atomic E-state index is -1.52. The summed E-state index contributed by atoms with van der Waals surface area (Å²) in [6.45, 7) is -0.0395. The lowest BCUT2D eigenvalue weighted by molar-refractivity contribution is 0.175. The second-order valence-corrected chi connectivity index (χ2v) is 3.84. The topological polar surface area (TPSA) is 39.2 Å². The van der Waals surface area contributed by atoms with Crippen LogP contribution >= 0.6 is 0 Å². The molecule has 0 spiro atoms. The Morgan fingerprint density at radius 3 is 2.50 bits per heavy atom. The minimum Gasteiger partial charge on any atom is -0.472 e. The third kappa shape index (κ3) is 2.14. The summed E-state index contributed by atoms with van der Waals surface area (Å²) in [6, 6.07) is 10.8. The van der Waals surface area contributed by atoms with Gasteiger partial charge >= 0.3 is 0 Å². The minimum absolute atomic E-state index is 0.0395. The van der Waals surface area contributed by atoms with Gasteiger partial charge in [-0.15, -0.1) is 0 Å². The maximum absolute atomic E-state index is 14.6. The van der Waals surface area contributed by atoms with Gasteiger partial charge in [0, 0.05) is 13.0 Å². The third-order valence-corrected chi connectivity index (χ3v) is 2.68. The maximum Gasteiger partial charge on any atom is 0.152 e. The molecule has 0 amide bonds. The Kier molecular flexibility index (Phi) is 3.06. The molecule has 2 rings (SSSR count). The molecule has 0 radical (unpaired) electrons. The second-order valence-electron chi connectivity index (χ2n) is 3.84. The fraction of sp³-hybridized carbons (Fsp3) is 0.231. The molecule has 0 bridgehead atoms. The van der Waals surface area contributed by atoms with Crippen LogP contribution in [0.4, 0.5) is 4.39 Å². The molecule has 1 unspecified atom stereocenters. The van der Waals surface area contributed by atoms with Crippen LogP contribution in [0.1, 0.15) is 11.1 Å². The van der Waals surface area contributed by atoms with E-state index in [1.165, 1.54) is 6.26 Å². The predicted molar refractivity (Wildman–Crippen MR) is 60.7 cm³/mol. The normalized spacial score (nSPS) is 14.6. The Balaban J connectivity index is 2.26. The summed E-state index contributed by atoms with van der Waals surface area (Å²) in [4.78, 5) is 0. The number of hydrogen-bond acceptors (Lipinski definition) is 2. The van der Waals surface area contributed by atoms with Gasteiger partial charge in [-0.2, -0.15) is 0 Å². The van der Waals surface area contributed by atoms with Gasteiger partial charge in [-0.25, -0.2) is 4.39 Å². The molecule has 1 heterocycles. The first-order valence-corrected chi connectivity index (χ1v) is 5.20. The highest BCUT2D eigenvalue weighted by atomic mass is 19.1. The lowest BCUT2D eigenvalue weighted by Crippen LogP contribution is -2.32. The van der Waals surface area contributed by atoms with Crippen LogP contribution in [0.25, 0.3) is 0 Å². The Morgan fingerprint density at radius 2 is 1.94 bits per heavy atom. The van der Waals surface area contributed by atoms with Gasteiger partial charge in [0.05, 0.1) is 12.5 Å². The monoisotopic (exact) mass is 219 g/mol. The molecule has 0 aliphatic rings. The van der Waals surface area contributed by atoms with Gasteiger partial charge in [-0.1, -0.05) is 30.3 Å². The number of rotatable bonds is 4. The van der Waals surface area contributed by atoms with Gasteiger partial charge in [0.2, 0.25) is 0 Å². The Labute approximate surface area is 93.9 Å². The molecular formula is C13H14FNO. The summed E-state index contributed by atoms with van der Waals surface area (Å²) >= 11 is 0. The number of hydrogen-bond donors (Lipinski definition) is 1. The molecular weight excluding hydrogens is 205 g/mol. The van der Waals surface area contributed by atoms with Crippen LogP contribution in [0.2, 0.25) is 0 Å². The van der Waals surface area contributed by atoms with Crippen molar-refractivity contribution in [2.45, 2.75) is 12.1 Å². The fourth-order valence-electron chi connectivity index (χ4n) is 1.75. The van der Waals surface area contributed by atoms with Gasteiger partial charge in [0.1, 0.15) is 0 Å². The van der Waals surface area contributed by atoms with Gasteiger partial charge < -0.3 is 10.2 Å². The number of alkyl halides is 1. The molecule has 84 valence electrons. The average Bonchev–Trinajstić information content (AvgIpc) is 2.83. The average molecular weight is 219 g/mol. The summed E-state index contributed by atoms with van der Waals surface area (Å²) in [7, 11) is 0. The van der Waals surface area contributed by atoms with E-state index in [-0.39, 0.29) is 13.0 Å². The SMILES string of the molecule is NCC(F)(Cc1ccoc1)c1ccccc1. The van der Waals surface area contributed by atoms with Crippen LogP contribution in [0.3, 0.4) is 0 Å². The quantitative estimate of drug-likeness (QED) is 0.858. The van der Waals surface area contributed by atoms with Crippen LogP contribution < -0.4 is 5.73 Å². The highest BCUT2D eigenvalue weighted by molar-refractivity contribution is 5.26. The molecule has 3 heteroatoms. The van der Waals surface area contributed by atoms with E-state index in [2.05, 4.69) is 0 Å². The summed E-state index contributed by atoms with van der Waals surface area (Å²) in [5.74, 6) is 0. The number of nitrogens with two attached hydrogens (primary N) is 1. The molecule has 0 saturated heterocycles. The number of benzene rings is 1. The first-order valence-electron chi connectivity index (χ1n) is 5.20. The largest absolute Gasteiger partial charge is 0.472 e. The molecule has 1 aromatic heterocycles. The Hall–Kier alpha value is -1.61. The van der Waals surface area contributed by atoms with E-state index in [1.807, 2.05) is 18.2 Å². The highest BCUT2D eigenvalue weighted by Gasteiger charge is 2.30.